The number of aromatic hydroxyl groups is 1. The van der Waals surface area contributed by atoms with E-state index < -0.39 is 5.82 Å². The topological polar surface area (TPSA) is 89.9 Å². The first-order valence-electron chi connectivity index (χ1n) is 13.2. The normalized spacial score (nSPS) is 11.7. The Morgan fingerprint density at radius 3 is 2.51 bits per heavy atom. The molecule has 0 atom stereocenters. The van der Waals surface area contributed by atoms with E-state index in [1.807, 2.05) is 68.7 Å². The summed E-state index contributed by atoms with van der Waals surface area (Å²) in [6, 6.07) is 26.9. The number of benzene rings is 4. The Morgan fingerprint density at radius 2 is 1.76 bits per heavy atom. The summed E-state index contributed by atoms with van der Waals surface area (Å²) in [5.41, 5.74) is 5.30. The number of para-hydroxylation sites is 1. The van der Waals surface area contributed by atoms with Crippen LogP contribution >= 0.6 is 0 Å². The fourth-order valence-corrected chi connectivity index (χ4v) is 4.77. The molecule has 3 N–H and O–H groups in total. The molecule has 0 spiro atoms. The fourth-order valence-electron chi connectivity index (χ4n) is 4.77. The number of ether oxygens (including phenoxy) is 1. The van der Waals surface area contributed by atoms with E-state index in [0.717, 1.165) is 23.2 Å². The number of nitrogens with one attached hydrogen (secondary N) is 2. The predicted molar refractivity (Wildman–Crippen MR) is 160 cm³/mol. The first-order valence-corrected chi connectivity index (χ1v) is 13.2. The molecule has 0 bridgehead atoms. The minimum Gasteiger partial charge on any atom is -0.496 e. The summed E-state index contributed by atoms with van der Waals surface area (Å²) in [5, 5.41) is 14.6. The zero-order valence-electron chi connectivity index (χ0n) is 23.1. The molecule has 0 aliphatic heterocycles. The highest BCUT2D eigenvalue weighted by atomic mass is 19.1. The molecule has 0 aliphatic carbocycles. The van der Waals surface area contributed by atoms with Gasteiger partial charge in [-0.2, -0.15) is 0 Å². The standard InChI is InChI=1S/C33H31FN4O3/c1-38(2)20-21-11-14-25(15-12-21)36-31(30-26-16-13-24(34)18-28(26)37-33(30)40)23-8-6-7-22(17-23)19-35-32(39)27-9-4-5-10-29(27)41-3/h4-18,37,40H,19-20H2,1-3H3,(H,35,39). The Bertz CT molecular complexity index is 1720. The van der Waals surface area contributed by atoms with E-state index in [-0.39, 0.29) is 18.3 Å². The van der Waals surface area contributed by atoms with Gasteiger partial charge in [0.05, 0.1) is 35.2 Å². The van der Waals surface area contributed by atoms with Crippen LogP contribution in [0.1, 0.15) is 32.6 Å². The van der Waals surface area contributed by atoms with Crippen molar-refractivity contribution < 1.29 is 19.0 Å². The van der Waals surface area contributed by atoms with Crippen LogP contribution in [0.3, 0.4) is 0 Å². The van der Waals surface area contributed by atoms with Crippen LogP contribution in [-0.4, -0.2) is 47.8 Å². The first kappa shape index (κ1) is 27.6. The van der Waals surface area contributed by atoms with Crippen molar-refractivity contribution in [1.29, 1.82) is 0 Å². The Hall–Kier alpha value is -4.95. The molecule has 0 saturated carbocycles. The van der Waals surface area contributed by atoms with E-state index in [4.69, 9.17) is 9.73 Å². The van der Waals surface area contributed by atoms with Gasteiger partial charge >= 0.3 is 0 Å². The number of aliphatic imine (C=N–C) groups is 1. The smallest absolute Gasteiger partial charge is 0.255 e. The highest BCUT2D eigenvalue weighted by Gasteiger charge is 2.20. The van der Waals surface area contributed by atoms with E-state index in [1.165, 1.54) is 19.2 Å². The molecule has 1 aromatic heterocycles. The average molecular weight is 551 g/mol. The number of H-pyrrole nitrogens is 1. The van der Waals surface area contributed by atoms with Crippen LogP contribution in [-0.2, 0) is 13.1 Å². The number of rotatable bonds is 9. The first-order chi connectivity index (χ1) is 19.8. The van der Waals surface area contributed by atoms with Gasteiger partial charge in [0, 0.05) is 24.0 Å². The lowest BCUT2D eigenvalue weighted by atomic mass is 9.99. The second-order valence-electron chi connectivity index (χ2n) is 9.99. The van der Waals surface area contributed by atoms with Gasteiger partial charge in [-0.25, -0.2) is 9.38 Å². The SMILES string of the molecule is COc1ccccc1C(=O)NCc1cccc(C(=Nc2ccc(CN(C)C)cc2)c2c(O)[nH]c3cc(F)ccc23)c1. The summed E-state index contributed by atoms with van der Waals surface area (Å²) in [4.78, 5) is 22.8. The van der Waals surface area contributed by atoms with Crippen molar-refractivity contribution in [2.24, 2.45) is 4.99 Å². The van der Waals surface area contributed by atoms with Gasteiger partial charge in [0.25, 0.3) is 5.91 Å². The van der Waals surface area contributed by atoms with Gasteiger partial charge in [0.2, 0.25) is 0 Å². The maximum absolute atomic E-state index is 14.0. The summed E-state index contributed by atoms with van der Waals surface area (Å²) in [5.74, 6) is -0.275. The fraction of sp³-hybridized carbons (Fsp3) is 0.152. The summed E-state index contributed by atoms with van der Waals surface area (Å²) < 4.78 is 19.3. The van der Waals surface area contributed by atoms with Crippen molar-refractivity contribution in [2.45, 2.75) is 13.1 Å². The van der Waals surface area contributed by atoms with Gasteiger partial charge in [-0.3, -0.25) is 4.79 Å². The van der Waals surface area contributed by atoms with Gasteiger partial charge in [-0.05, 0) is 73.8 Å². The highest BCUT2D eigenvalue weighted by molar-refractivity contribution is 6.22. The van der Waals surface area contributed by atoms with Crippen LogP contribution in [0.15, 0.2) is 96.0 Å². The Labute approximate surface area is 237 Å². The van der Waals surface area contributed by atoms with Crippen LogP contribution in [0.25, 0.3) is 10.9 Å². The van der Waals surface area contributed by atoms with Crippen molar-refractivity contribution in [3.8, 4) is 11.6 Å². The summed E-state index contributed by atoms with van der Waals surface area (Å²) in [7, 11) is 5.55. The van der Waals surface area contributed by atoms with Crippen molar-refractivity contribution in [3.05, 3.63) is 125 Å². The number of carbonyl (C=O) groups is 1. The molecule has 0 saturated heterocycles. The molecule has 5 rings (SSSR count). The second kappa shape index (κ2) is 12.1. The number of methoxy groups -OCH3 is 1. The van der Waals surface area contributed by atoms with E-state index in [9.17, 15) is 14.3 Å². The number of carbonyl (C=O) groups excluding carboxylic acids is 1. The van der Waals surface area contributed by atoms with Gasteiger partial charge < -0.3 is 25.0 Å². The maximum atomic E-state index is 14.0. The molecule has 5 aromatic rings. The molecule has 0 fully saturated rings. The van der Waals surface area contributed by atoms with Crippen molar-refractivity contribution in [1.82, 2.24) is 15.2 Å². The monoisotopic (exact) mass is 550 g/mol. The van der Waals surface area contributed by atoms with E-state index in [1.54, 1.807) is 24.3 Å². The molecule has 0 aliphatic rings. The molecular formula is C33H31FN4O3. The number of hydrogen-bond donors (Lipinski definition) is 3. The highest BCUT2D eigenvalue weighted by Crippen LogP contribution is 2.32. The zero-order valence-corrected chi connectivity index (χ0v) is 23.1. The molecule has 0 radical (unpaired) electrons. The minimum absolute atomic E-state index is 0.108. The minimum atomic E-state index is -0.409. The van der Waals surface area contributed by atoms with Gasteiger partial charge in [0.1, 0.15) is 11.6 Å². The number of aromatic nitrogens is 1. The molecule has 4 aromatic carbocycles. The van der Waals surface area contributed by atoms with E-state index in [0.29, 0.717) is 39.2 Å². The number of hydrogen-bond acceptors (Lipinski definition) is 5. The molecule has 1 heterocycles. The zero-order chi connectivity index (χ0) is 28.9. The van der Waals surface area contributed by atoms with E-state index in [2.05, 4.69) is 15.2 Å². The molecule has 8 heteroatoms. The maximum Gasteiger partial charge on any atom is 0.255 e. The quantitative estimate of drug-likeness (QED) is 0.191. The van der Waals surface area contributed by atoms with Crippen molar-refractivity contribution >= 4 is 28.2 Å². The third kappa shape index (κ3) is 6.28. The number of aromatic amines is 1. The van der Waals surface area contributed by atoms with Gasteiger partial charge in [-0.1, -0.05) is 42.5 Å². The molecule has 7 nitrogen and oxygen atoms in total. The lowest BCUT2D eigenvalue weighted by Crippen LogP contribution is -2.23. The van der Waals surface area contributed by atoms with Crippen molar-refractivity contribution in [3.63, 3.8) is 0 Å². The molecular weight excluding hydrogens is 519 g/mol. The number of fused-ring (bicyclic) bond motifs is 1. The van der Waals surface area contributed by atoms with Crippen molar-refractivity contribution in [2.75, 3.05) is 21.2 Å². The second-order valence-corrected chi connectivity index (χ2v) is 9.99. The van der Waals surface area contributed by atoms with Gasteiger partial charge in [0.15, 0.2) is 5.88 Å². The largest absolute Gasteiger partial charge is 0.496 e. The Morgan fingerprint density at radius 1 is 0.976 bits per heavy atom. The molecule has 41 heavy (non-hydrogen) atoms. The lowest BCUT2D eigenvalue weighted by molar-refractivity contribution is 0.0948. The molecule has 1 amide bonds. The lowest BCUT2D eigenvalue weighted by Gasteiger charge is -2.12. The van der Waals surface area contributed by atoms with Crippen LogP contribution in [0.5, 0.6) is 11.6 Å². The van der Waals surface area contributed by atoms with Crippen LogP contribution < -0.4 is 10.1 Å². The number of nitrogens with zero attached hydrogens (tertiary/aromatic N) is 2. The Kier molecular flexibility index (Phi) is 8.12. The number of amides is 1. The summed E-state index contributed by atoms with van der Waals surface area (Å²) in [6.45, 7) is 1.07. The van der Waals surface area contributed by atoms with Crippen LogP contribution in [0.4, 0.5) is 10.1 Å². The predicted octanol–water partition coefficient (Wildman–Crippen LogP) is 6.18. The summed E-state index contributed by atoms with van der Waals surface area (Å²) >= 11 is 0. The molecule has 0 unspecified atom stereocenters. The third-order valence-electron chi connectivity index (χ3n) is 6.66. The third-order valence-corrected chi connectivity index (χ3v) is 6.66. The number of halogens is 1. The van der Waals surface area contributed by atoms with Gasteiger partial charge in [-0.15, -0.1) is 0 Å². The summed E-state index contributed by atoms with van der Waals surface area (Å²) in [6.07, 6.45) is 0. The van der Waals surface area contributed by atoms with E-state index >= 15 is 0 Å². The molecule has 208 valence electrons. The average Bonchev–Trinajstić information content (AvgIpc) is 3.29. The van der Waals surface area contributed by atoms with Crippen LogP contribution in [0, 0.1) is 5.82 Å². The Balaban J connectivity index is 1.52. The van der Waals surface area contributed by atoms with Crippen LogP contribution in [0.2, 0.25) is 0 Å².